The number of carbonyl (C=O) groups excluding carboxylic acids is 1. The van der Waals surface area contributed by atoms with Crippen LogP contribution in [0.15, 0.2) is 12.4 Å². The van der Waals surface area contributed by atoms with Crippen LogP contribution < -0.4 is 4.90 Å². The van der Waals surface area contributed by atoms with Gasteiger partial charge in [-0.15, -0.1) is 0 Å². The zero-order valence-electron chi connectivity index (χ0n) is 17.1. The fraction of sp³-hybridized carbons (Fsp3) is 0.762. The van der Waals surface area contributed by atoms with Crippen LogP contribution >= 0.6 is 0 Å². The van der Waals surface area contributed by atoms with E-state index in [9.17, 15) is 4.79 Å². The maximum atomic E-state index is 13.2. The summed E-state index contributed by atoms with van der Waals surface area (Å²) in [4.78, 5) is 24.2. The summed E-state index contributed by atoms with van der Waals surface area (Å²) in [5.74, 6) is 0.685. The van der Waals surface area contributed by atoms with E-state index in [4.69, 9.17) is 0 Å². The molecule has 0 aromatic carbocycles. The Morgan fingerprint density at radius 2 is 1.52 bits per heavy atom. The second kappa shape index (κ2) is 10.5. The predicted molar refractivity (Wildman–Crippen MR) is 106 cm³/mol. The summed E-state index contributed by atoms with van der Waals surface area (Å²) in [6.45, 7) is 12.5. The summed E-state index contributed by atoms with van der Waals surface area (Å²) in [5.41, 5.74) is 0.690. The van der Waals surface area contributed by atoms with Gasteiger partial charge >= 0.3 is 0 Å². The minimum atomic E-state index is -0.442. The summed E-state index contributed by atoms with van der Waals surface area (Å²) in [6, 6.07) is 0.184. The van der Waals surface area contributed by atoms with Gasteiger partial charge in [-0.2, -0.15) is 0 Å². The molecule has 142 valence electrons. The first-order valence-electron chi connectivity index (χ1n) is 9.99. The molecule has 0 bridgehead atoms. The molecule has 1 rings (SSSR count). The molecule has 0 aliphatic carbocycles. The lowest BCUT2D eigenvalue weighted by Crippen LogP contribution is -2.47. The third-order valence-electron chi connectivity index (χ3n) is 4.45. The molecule has 4 heteroatoms. The Morgan fingerprint density at radius 3 is 1.92 bits per heavy atom. The maximum Gasteiger partial charge on any atom is 0.234 e. The average Bonchev–Trinajstić information content (AvgIpc) is 2.57. The van der Waals surface area contributed by atoms with E-state index in [1.165, 1.54) is 0 Å². The van der Waals surface area contributed by atoms with Crippen LogP contribution in [0.4, 0.5) is 5.95 Å². The molecule has 1 aromatic heterocycles. The molecular weight excluding hydrogens is 310 g/mol. The summed E-state index contributed by atoms with van der Waals surface area (Å²) < 4.78 is 0. The van der Waals surface area contributed by atoms with E-state index >= 15 is 0 Å². The number of unbranched alkanes of at least 4 members (excludes halogenated alkanes) is 2. The second-order valence-corrected chi connectivity index (χ2v) is 8.00. The van der Waals surface area contributed by atoms with Gasteiger partial charge in [0.05, 0.1) is 0 Å². The van der Waals surface area contributed by atoms with Crippen molar-refractivity contribution < 1.29 is 4.79 Å². The topological polar surface area (TPSA) is 46.1 Å². The molecule has 0 saturated heterocycles. The average molecular weight is 348 g/mol. The highest BCUT2D eigenvalue weighted by Gasteiger charge is 2.34. The van der Waals surface area contributed by atoms with Gasteiger partial charge in [-0.1, -0.05) is 73.6 Å². The molecule has 0 aliphatic rings. The van der Waals surface area contributed by atoms with Crippen LogP contribution in [-0.2, 0) is 11.2 Å². The minimum absolute atomic E-state index is 0.118. The van der Waals surface area contributed by atoms with Crippen molar-refractivity contribution in [1.82, 2.24) is 9.97 Å². The number of anilines is 1. The van der Waals surface area contributed by atoms with E-state index < -0.39 is 5.41 Å². The van der Waals surface area contributed by atoms with Crippen molar-refractivity contribution in [3.8, 4) is 0 Å². The smallest absolute Gasteiger partial charge is 0.234 e. The monoisotopic (exact) mass is 347 g/mol. The zero-order chi connectivity index (χ0) is 18.9. The molecule has 0 radical (unpaired) electrons. The molecular formula is C21H37N3O. The van der Waals surface area contributed by atoms with Crippen LogP contribution in [0.1, 0.15) is 92.1 Å². The summed E-state index contributed by atoms with van der Waals surface area (Å²) in [7, 11) is 0. The molecule has 0 aliphatic heterocycles. The molecule has 4 nitrogen and oxygen atoms in total. The van der Waals surface area contributed by atoms with E-state index in [0.29, 0.717) is 5.95 Å². The van der Waals surface area contributed by atoms with Gasteiger partial charge in [0.25, 0.3) is 0 Å². The molecule has 0 spiro atoms. The number of aryl methyl sites for hydroxylation is 1. The molecule has 0 unspecified atom stereocenters. The molecule has 1 heterocycles. The van der Waals surface area contributed by atoms with Gasteiger partial charge in [0.15, 0.2) is 0 Å². The standard InChI is InChI=1S/C21H37N3O/c1-7-10-13-18(14-11-8-2)24(19(25)21(4,5)6)20-22-15-17(12-9-3)16-23-20/h15-16,18H,7-14H2,1-6H3. The van der Waals surface area contributed by atoms with Gasteiger partial charge in [0.2, 0.25) is 11.9 Å². The lowest BCUT2D eigenvalue weighted by Gasteiger charge is -2.34. The first-order chi connectivity index (χ1) is 11.8. The molecule has 0 atom stereocenters. The molecule has 25 heavy (non-hydrogen) atoms. The lowest BCUT2D eigenvalue weighted by molar-refractivity contribution is -0.126. The Kier molecular flexibility index (Phi) is 9.09. The van der Waals surface area contributed by atoms with Crippen molar-refractivity contribution in [1.29, 1.82) is 0 Å². The lowest BCUT2D eigenvalue weighted by atomic mass is 9.92. The third-order valence-corrected chi connectivity index (χ3v) is 4.45. The van der Waals surface area contributed by atoms with E-state index in [0.717, 1.165) is 56.9 Å². The van der Waals surface area contributed by atoms with Gasteiger partial charge in [-0.3, -0.25) is 9.69 Å². The Bertz CT molecular complexity index is 497. The largest absolute Gasteiger partial charge is 0.277 e. The Balaban J connectivity index is 3.18. The van der Waals surface area contributed by atoms with Crippen molar-refractivity contribution in [3.05, 3.63) is 18.0 Å². The number of aromatic nitrogens is 2. The van der Waals surface area contributed by atoms with Gasteiger partial charge in [-0.05, 0) is 24.8 Å². The number of hydrogen-bond donors (Lipinski definition) is 0. The second-order valence-electron chi connectivity index (χ2n) is 8.00. The highest BCUT2D eigenvalue weighted by molar-refractivity contribution is 5.95. The van der Waals surface area contributed by atoms with Crippen molar-refractivity contribution in [2.45, 2.75) is 99.0 Å². The zero-order valence-corrected chi connectivity index (χ0v) is 17.1. The summed E-state index contributed by atoms with van der Waals surface area (Å²) in [6.07, 6.45) is 12.3. The predicted octanol–water partition coefficient (Wildman–Crippen LogP) is 5.56. The van der Waals surface area contributed by atoms with Gasteiger partial charge in [0, 0.05) is 23.9 Å². The van der Waals surface area contributed by atoms with Crippen LogP contribution in [0.5, 0.6) is 0 Å². The highest BCUT2D eigenvalue weighted by atomic mass is 16.2. The summed E-state index contributed by atoms with van der Waals surface area (Å²) >= 11 is 0. The fourth-order valence-electron chi connectivity index (χ4n) is 2.95. The van der Waals surface area contributed by atoms with Crippen molar-refractivity contribution >= 4 is 11.9 Å². The van der Waals surface area contributed by atoms with E-state index in [-0.39, 0.29) is 11.9 Å². The van der Waals surface area contributed by atoms with Crippen molar-refractivity contribution in [2.24, 2.45) is 5.41 Å². The Hall–Kier alpha value is -1.45. The minimum Gasteiger partial charge on any atom is -0.277 e. The van der Waals surface area contributed by atoms with Crippen molar-refractivity contribution in [3.63, 3.8) is 0 Å². The Labute approximate surface area is 154 Å². The van der Waals surface area contributed by atoms with Crippen LogP contribution in [-0.4, -0.2) is 21.9 Å². The van der Waals surface area contributed by atoms with Gasteiger partial charge in [-0.25, -0.2) is 9.97 Å². The number of carbonyl (C=O) groups is 1. The fourth-order valence-corrected chi connectivity index (χ4v) is 2.95. The number of nitrogens with zero attached hydrogens (tertiary/aromatic N) is 3. The van der Waals surface area contributed by atoms with E-state index in [1.807, 2.05) is 38.1 Å². The molecule has 1 amide bonds. The number of amides is 1. The van der Waals surface area contributed by atoms with Crippen LogP contribution in [0.25, 0.3) is 0 Å². The molecule has 0 N–H and O–H groups in total. The van der Waals surface area contributed by atoms with Crippen LogP contribution in [0.2, 0.25) is 0 Å². The molecule has 0 saturated carbocycles. The maximum absolute atomic E-state index is 13.2. The third kappa shape index (κ3) is 6.75. The normalized spacial score (nSPS) is 11.8. The van der Waals surface area contributed by atoms with E-state index in [2.05, 4.69) is 30.7 Å². The number of rotatable bonds is 10. The quantitative estimate of drug-likeness (QED) is 0.557. The number of hydrogen-bond acceptors (Lipinski definition) is 3. The summed E-state index contributed by atoms with van der Waals surface area (Å²) in [5, 5.41) is 0. The SMILES string of the molecule is CCCCC(CCCC)N(C(=O)C(C)(C)C)c1ncc(CCC)cn1. The first-order valence-corrected chi connectivity index (χ1v) is 9.99. The molecule has 1 aromatic rings. The van der Waals surface area contributed by atoms with Crippen molar-refractivity contribution in [2.75, 3.05) is 4.90 Å². The van der Waals surface area contributed by atoms with Gasteiger partial charge < -0.3 is 0 Å². The highest BCUT2D eigenvalue weighted by Crippen LogP contribution is 2.27. The van der Waals surface area contributed by atoms with Gasteiger partial charge in [0.1, 0.15) is 0 Å². The first kappa shape index (κ1) is 21.6. The Morgan fingerprint density at radius 1 is 1.00 bits per heavy atom. The van der Waals surface area contributed by atoms with Crippen LogP contribution in [0.3, 0.4) is 0 Å². The van der Waals surface area contributed by atoms with Crippen LogP contribution in [0, 0.1) is 5.41 Å². The molecule has 0 fully saturated rings. The van der Waals surface area contributed by atoms with E-state index in [1.54, 1.807) is 0 Å².